The van der Waals surface area contributed by atoms with Gasteiger partial charge in [0.2, 0.25) is 18.5 Å². The van der Waals surface area contributed by atoms with Gasteiger partial charge in [-0.05, 0) is 28.1 Å². The lowest BCUT2D eigenvalue weighted by atomic mass is 10.1. The van der Waals surface area contributed by atoms with Crippen molar-refractivity contribution in [2.24, 2.45) is 14.1 Å². The van der Waals surface area contributed by atoms with Crippen molar-refractivity contribution >= 4 is 48.5 Å². The van der Waals surface area contributed by atoms with E-state index in [9.17, 15) is 4.79 Å². The summed E-state index contributed by atoms with van der Waals surface area (Å²) in [7, 11) is 3.99. The number of carbonyl (C=O) groups is 1. The molecule has 0 bridgehead atoms. The van der Waals surface area contributed by atoms with Gasteiger partial charge in [0.05, 0.1) is 7.05 Å². The molecule has 2 aromatic heterocycles. The first kappa shape index (κ1) is 18.3. The third-order valence-corrected chi connectivity index (χ3v) is 4.81. The molecule has 0 fully saturated rings. The molecule has 0 atom stereocenters. The average molecular weight is 505 g/mol. The molecule has 1 aromatic carbocycles. The van der Waals surface area contributed by atoms with Gasteiger partial charge in [-0.1, -0.05) is 28.1 Å². The Balaban J connectivity index is 0.00000192. The second-order valence-electron chi connectivity index (χ2n) is 5.24. The molecule has 2 heterocycles. The first-order valence-corrected chi connectivity index (χ1v) is 8.37. The smallest absolute Gasteiger partial charge is 0.227 e. The molecule has 0 saturated heterocycles. The van der Waals surface area contributed by atoms with Crippen molar-refractivity contribution in [1.82, 2.24) is 4.68 Å². The predicted molar refractivity (Wildman–Crippen MR) is 90.5 cm³/mol. The largest absolute Gasteiger partial charge is 1.00 e. The molecule has 0 aliphatic carbocycles. The van der Waals surface area contributed by atoms with Crippen LogP contribution in [0.3, 0.4) is 0 Å². The highest BCUT2D eigenvalue weighted by Gasteiger charge is 2.20. The molecular weight excluding hydrogens is 490 g/mol. The van der Waals surface area contributed by atoms with E-state index in [-0.39, 0.29) is 22.8 Å². The number of halogens is 3. The van der Waals surface area contributed by atoms with Crippen molar-refractivity contribution in [3.05, 3.63) is 57.4 Å². The zero-order valence-corrected chi connectivity index (χ0v) is 17.4. The first-order valence-electron chi connectivity index (χ1n) is 6.78. The van der Waals surface area contributed by atoms with E-state index in [1.54, 1.807) is 0 Å². The molecule has 7 heteroatoms. The molecule has 0 unspecified atom stereocenters. The Hall–Kier alpha value is -1.05. The van der Waals surface area contributed by atoms with Crippen molar-refractivity contribution in [1.29, 1.82) is 0 Å². The normalized spacial score (nSPS) is 10.6. The summed E-state index contributed by atoms with van der Waals surface area (Å²) in [6.07, 6.45) is 5.98. The third kappa shape index (κ3) is 3.72. The fourth-order valence-corrected chi connectivity index (χ4v) is 3.50. The maximum atomic E-state index is 12.4. The molecule has 0 radical (unpaired) electrons. The van der Waals surface area contributed by atoms with Gasteiger partial charge in [-0.25, -0.2) is 0 Å². The van der Waals surface area contributed by atoms with Crippen LogP contribution in [0.1, 0.15) is 10.4 Å². The Morgan fingerprint density at radius 1 is 1.13 bits per heavy atom. The fraction of sp³-hybridized carbons (Fsp3) is 0.188. The topological polar surface area (TPSA) is 29.8 Å². The van der Waals surface area contributed by atoms with Crippen LogP contribution < -0.4 is 26.2 Å². The van der Waals surface area contributed by atoms with Crippen LogP contribution in [0.4, 0.5) is 0 Å². The Morgan fingerprint density at radius 2 is 1.78 bits per heavy atom. The van der Waals surface area contributed by atoms with Crippen LogP contribution in [-0.2, 0) is 20.6 Å². The number of pyridine rings is 1. The Labute approximate surface area is 161 Å². The van der Waals surface area contributed by atoms with Gasteiger partial charge in [0.1, 0.15) is 15.4 Å². The van der Waals surface area contributed by atoms with Crippen LogP contribution >= 0.6 is 31.9 Å². The van der Waals surface area contributed by atoms with E-state index < -0.39 is 0 Å². The number of carbonyl (C=O) groups excluding carboxylic acids is 1. The molecule has 0 N–H and O–H groups in total. The molecule has 120 valence electrons. The lowest BCUT2D eigenvalue weighted by molar-refractivity contribution is -0.748. The summed E-state index contributed by atoms with van der Waals surface area (Å²) in [5.41, 5.74) is 1.82. The number of fused-ring (bicyclic) bond motifs is 1. The summed E-state index contributed by atoms with van der Waals surface area (Å²) >= 11 is 6.97. The van der Waals surface area contributed by atoms with E-state index in [1.807, 2.05) is 66.2 Å². The SMILES string of the molecule is Cn1c2c(Br)c[n+](CC(=O)c3ccc(Br)cc3)cc2c[n+]1C.[Br-]. The van der Waals surface area contributed by atoms with Crippen LogP contribution in [0.2, 0.25) is 0 Å². The zero-order chi connectivity index (χ0) is 15.9. The number of rotatable bonds is 3. The highest BCUT2D eigenvalue weighted by molar-refractivity contribution is 9.11. The maximum Gasteiger partial charge on any atom is 0.227 e. The highest BCUT2D eigenvalue weighted by Crippen LogP contribution is 2.20. The number of aromatic nitrogens is 3. The van der Waals surface area contributed by atoms with Gasteiger partial charge in [-0.3, -0.25) is 4.79 Å². The van der Waals surface area contributed by atoms with Gasteiger partial charge in [0.15, 0.2) is 19.4 Å². The summed E-state index contributed by atoms with van der Waals surface area (Å²) < 4.78 is 7.92. The minimum Gasteiger partial charge on any atom is -1.00 e. The Kier molecular flexibility index (Phi) is 5.75. The van der Waals surface area contributed by atoms with Crippen LogP contribution in [0.5, 0.6) is 0 Å². The van der Waals surface area contributed by atoms with E-state index in [2.05, 4.69) is 36.5 Å². The molecule has 0 aliphatic heterocycles. The highest BCUT2D eigenvalue weighted by atomic mass is 79.9. The van der Waals surface area contributed by atoms with Crippen molar-refractivity contribution in [2.45, 2.75) is 6.54 Å². The Morgan fingerprint density at radius 3 is 2.43 bits per heavy atom. The van der Waals surface area contributed by atoms with Crippen LogP contribution in [-0.4, -0.2) is 10.5 Å². The van der Waals surface area contributed by atoms with Crippen LogP contribution in [0, 0.1) is 0 Å². The molecular formula is C16H15Br3N3O+. The summed E-state index contributed by atoms with van der Waals surface area (Å²) in [5, 5.41) is 1.09. The molecule has 3 aromatic rings. The number of ketones is 1. The van der Waals surface area contributed by atoms with Gasteiger partial charge in [0, 0.05) is 10.0 Å². The second-order valence-corrected chi connectivity index (χ2v) is 7.01. The molecule has 0 saturated carbocycles. The van der Waals surface area contributed by atoms with Gasteiger partial charge in [0.25, 0.3) is 0 Å². The number of hydrogen-bond donors (Lipinski definition) is 0. The molecule has 4 nitrogen and oxygen atoms in total. The van der Waals surface area contributed by atoms with E-state index in [0.29, 0.717) is 12.1 Å². The van der Waals surface area contributed by atoms with Crippen molar-refractivity contribution < 1.29 is 31.0 Å². The molecule has 23 heavy (non-hydrogen) atoms. The standard InChI is InChI=1S/C16H15Br2N3O.BrH/c1-19-7-12-8-21(9-14(18)16(12)20(19)2)10-15(22)11-3-5-13(17)6-4-11;/h3-9H,10H2,1-2H3;1H/q+2;/p-1. The summed E-state index contributed by atoms with van der Waals surface area (Å²) in [5.74, 6) is 0.0871. The quantitative estimate of drug-likeness (QED) is 0.356. The third-order valence-electron chi connectivity index (χ3n) is 3.70. The minimum absolute atomic E-state index is 0. The average Bonchev–Trinajstić information content (AvgIpc) is 2.75. The van der Waals surface area contributed by atoms with Gasteiger partial charge >= 0.3 is 0 Å². The van der Waals surface area contributed by atoms with Crippen LogP contribution in [0.25, 0.3) is 10.9 Å². The lowest BCUT2D eigenvalue weighted by Crippen LogP contribution is -3.00. The van der Waals surface area contributed by atoms with Crippen molar-refractivity contribution in [2.75, 3.05) is 0 Å². The summed E-state index contributed by atoms with van der Waals surface area (Å²) in [6.45, 7) is 0.314. The predicted octanol–water partition coefficient (Wildman–Crippen LogP) is -0.298. The number of hydrogen-bond acceptors (Lipinski definition) is 1. The van der Waals surface area contributed by atoms with Gasteiger partial charge < -0.3 is 17.0 Å². The summed E-state index contributed by atoms with van der Waals surface area (Å²) in [4.78, 5) is 12.4. The van der Waals surface area contributed by atoms with E-state index >= 15 is 0 Å². The number of aryl methyl sites for hydroxylation is 2. The minimum atomic E-state index is 0. The van der Waals surface area contributed by atoms with Gasteiger partial charge in [-0.2, -0.15) is 9.25 Å². The fourth-order valence-electron chi connectivity index (χ4n) is 2.49. The van der Waals surface area contributed by atoms with Crippen LogP contribution in [0.15, 0.2) is 51.8 Å². The lowest BCUT2D eigenvalue weighted by Gasteiger charge is -2.00. The van der Waals surface area contributed by atoms with Crippen molar-refractivity contribution in [3.8, 4) is 0 Å². The number of benzene rings is 1. The van der Waals surface area contributed by atoms with E-state index in [0.717, 1.165) is 19.8 Å². The van der Waals surface area contributed by atoms with Crippen molar-refractivity contribution in [3.63, 3.8) is 0 Å². The maximum absolute atomic E-state index is 12.4. The first-order chi connectivity index (χ1) is 10.5. The second kappa shape index (κ2) is 7.23. The van der Waals surface area contributed by atoms with E-state index in [4.69, 9.17) is 0 Å². The number of Topliss-reactive ketones (excluding diaryl/α,β-unsaturated/α-hetero) is 1. The molecule has 0 aliphatic rings. The zero-order valence-electron chi connectivity index (χ0n) is 12.6. The van der Waals surface area contributed by atoms with Gasteiger partial charge in [-0.15, -0.1) is 4.68 Å². The summed E-state index contributed by atoms with van der Waals surface area (Å²) in [6, 6.07) is 7.44. The molecule has 3 rings (SSSR count). The Bertz CT molecular complexity index is 872. The van der Waals surface area contributed by atoms with E-state index in [1.165, 1.54) is 0 Å². The molecule has 0 spiro atoms. The number of nitrogens with zero attached hydrogens (tertiary/aromatic N) is 3. The molecule has 0 amide bonds. The monoisotopic (exact) mass is 502 g/mol.